The average Bonchev–Trinajstić information content (AvgIpc) is 3.35. The van der Waals surface area contributed by atoms with Crippen LogP contribution in [-0.4, -0.2) is 54.9 Å². The summed E-state index contributed by atoms with van der Waals surface area (Å²) < 4.78 is 23.0. The number of ether oxygens (including phenoxy) is 4. The molecule has 186 valence electrons. The predicted molar refractivity (Wildman–Crippen MR) is 139 cm³/mol. The van der Waals surface area contributed by atoms with E-state index < -0.39 is 0 Å². The molecular weight excluding hydrogens is 480 g/mol. The lowest BCUT2D eigenvalue weighted by Gasteiger charge is -2.12. The number of anilines is 1. The van der Waals surface area contributed by atoms with Gasteiger partial charge in [0.05, 0.1) is 34.2 Å². The van der Waals surface area contributed by atoms with Gasteiger partial charge in [0.2, 0.25) is 5.91 Å². The molecule has 0 aliphatic rings. The topological polar surface area (TPSA) is 96.7 Å². The van der Waals surface area contributed by atoms with Crippen LogP contribution in [0.3, 0.4) is 0 Å². The first-order valence-electron chi connectivity index (χ1n) is 10.9. The third-order valence-electron chi connectivity index (χ3n) is 5.28. The maximum absolute atomic E-state index is 12.8. The Morgan fingerprint density at radius 3 is 1.89 bits per heavy atom. The summed E-state index contributed by atoms with van der Waals surface area (Å²) in [6, 6.07) is 20.3. The largest absolute Gasteiger partial charge is 0.497 e. The molecule has 0 aliphatic carbocycles. The molecule has 0 spiro atoms. The average molecular weight is 507 g/mol. The number of hydrogen-bond acceptors (Lipinski definition) is 8. The number of carbonyl (C=O) groups is 1. The lowest BCUT2D eigenvalue weighted by atomic mass is 10.2. The zero-order chi connectivity index (χ0) is 25.5. The van der Waals surface area contributed by atoms with Crippen LogP contribution in [0.2, 0.25) is 0 Å². The van der Waals surface area contributed by atoms with Gasteiger partial charge in [-0.1, -0.05) is 11.8 Å². The molecule has 0 unspecified atom stereocenters. The first kappa shape index (κ1) is 24.9. The normalized spacial score (nSPS) is 10.6. The van der Waals surface area contributed by atoms with E-state index in [2.05, 4.69) is 15.5 Å². The van der Waals surface area contributed by atoms with Crippen LogP contribution in [0.15, 0.2) is 71.9 Å². The Morgan fingerprint density at radius 2 is 1.33 bits per heavy atom. The van der Waals surface area contributed by atoms with E-state index in [-0.39, 0.29) is 11.7 Å². The Morgan fingerprint density at radius 1 is 0.778 bits per heavy atom. The summed E-state index contributed by atoms with van der Waals surface area (Å²) in [4.78, 5) is 12.8. The van der Waals surface area contributed by atoms with Crippen molar-refractivity contribution in [2.45, 2.75) is 5.16 Å². The van der Waals surface area contributed by atoms with Crippen molar-refractivity contribution in [3.8, 4) is 40.1 Å². The van der Waals surface area contributed by atoms with Crippen LogP contribution < -0.4 is 24.3 Å². The number of amides is 1. The van der Waals surface area contributed by atoms with Gasteiger partial charge in [0.15, 0.2) is 11.0 Å². The highest BCUT2D eigenvalue weighted by atomic mass is 32.2. The van der Waals surface area contributed by atoms with E-state index in [4.69, 9.17) is 18.9 Å². The minimum Gasteiger partial charge on any atom is -0.497 e. The number of nitrogens with one attached hydrogen (secondary N) is 1. The van der Waals surface area contributed by atoms with Crippen LogP contribution >= 0.6 is 11.8 Å². The molecule has 1 amide bonds. The Balaban J connectivity index is 1.59. The molecule has 0 aliphatic heterocycles. The fraction of sp³-hybridized carbons (Fsp3) is 0.192. The van der Waals surface area contributed by atoms with Crippen molar-refractivity contribution < 1.29 is 23.7 Å². The first-order valence-corrected chi connectivity index (χ1v) is 11.9. The molecule has 0 saturated heterocycles. The lowest BCUT2D eigenvalue weighted by molar-refractivity contribution is -0.113. The van der Waals surface area contributed by atoms with E-state index in [0.29, 0.717) is 28.2 Å². The zero-order valence-electron chi connectivity index (χ0n) is 20.3. The zero-order valence-corrected chi connectivity index (χ0v) is 21.2. The van der Waals surface area contributed by atoms with Crippen LogP contribution in [-0.2, 0) is 4.79 Å². The molecule has 4 rings (SSSR count). The number of hydrogen-bond donors (Lipinski definition) is 1. The number of aromatic nitrogens is 3. The number of nitrogens with zero attached hydrogens (tertiary/aromatic N) is 3. The molecule has 1 N–H and O–H groups in total. The van der Waals surface area contributed by atoms with Crippen LogP contribution in [0.4, 0.5) is 5.69 Å². The predicted octanol–water partition coefficient (Wildman–Crippen LogP) is 4.70. The van der Waals surface area contributed by atoms with Crippen LogP contribution in [0.25, 0.3) is 17.1 Å². The first-order chi connectivity index (χ1) is 17.5. The third-order valence-corrected chi connectivity index (χ3v) is 6.21. The van der Waals surface area contributed by atoms with Gasteiger partial charge in [0.25, 0.3) is 0 Å². The summed E-state index contributed by atoms with van der Waals surface area (Å²) in [5.74, 6) is 3.21. The van der Waals surface area contributed by atoms with Crippen molar-refractivity contribution in [1.82, 2.24) is 14.8 Å². The Labute approximate surface area is 213 Å². The molecule has 0 atom stereocenters. The summed E-state index contributed by atoms with van der Waals surface area (Å²) >= 11 is 1.28. The molecule has 1 heterocycles. The van der Waals surface area contributed by atoms with Gasteiger partial charge in [-0.3, -0.25) is 9.36 Å². The smallest absolute Gasteiger partial charge is 0.234 e. The van der Waals surface area contributed by atoms with E-state index in [9.17, 15) is 4.79 Å². The van der Waals surface area contributed by atoms with Gasteiger partial charge in [-0.05, 0) is 48.5 Å². The highest BCUT2D eigenvalue weighted by molar-refractivity contribution is 7.99. The highest BCUT2D eigenvalue weighted by Gasteiger charge is 2.18. The molecule has 36 heavy (non-hydrogen) atoms. The second-order valence-electron chi connectivity index (χ2n) is 7.51. The van der Waals surface area contributed by atoms with Gasteiger partial charge in [-0.25, -0.2) is 0 Å². The van der Waals surface area contributed by atoms with Crippen LogP contribution in [0.1, 0.15) is 0 Å². The number of rotatable bonds is 10. The van der Waals surface area contributed by atoms with Crippen molar-refractivity contribution in [3.05, 3.63) is 66.7 Å². The fourth-order valence-electron chi connectivity index (χ4n) is 3.46. The lowest BCUT2D eigenvalue weighted by Crippen LogP contribution is -2.14. The summed E-state index contributed by atoms with van der Waals surface area (Å²) in [6.07, 6.45) is 0. The van der Waals surface area contributed by atoms with Gasteiger partial charge in [0, 0.05) is 35.1 Å². The monoisotopic (exact) mass is 506 g/mol. The summed E-state index contributed by atoms with van der Waals surface area (Å²) in [5.41, 5.74) is 2.28. The molecule has 1 aromatic heterocycles. The number of methoxy groups -OCH3 is 4. The molecule has 9 nitrogen and oxygen atoms in total. The highest BCUT2D eigenvalue weighted by Crippen LogP contribution is 2.30. The van der Waals surface area contributed by atoms with E-state index in [1.54, 1.807) is 46.6 Å². The number of carbonyl (C=O) groups excluding carboxylic acids is 1. The van der Waals surface area contributed by atoms with Crippen molar-refractivity contribution in [3.63, 3.8) is 0 Å². The molecule has 0 radical (unpaired) electrons. The minimum absolute atomic E-state index is 0.121. The Kier molecular flexibility index (Phi) is 7.96. The van der Waals surface area contributed by atoms with Crippen LogP contribution in [0, 0.1) is 0 Å². The molecular formula is C26H26N4O5S. The van der Waals surface area contributed by atoms with E-state index >= 15 is 0 Å². The standard InChI is InChI=1S/C26H26N4O5S/c1-32-20-9-5-17(6-10-20)25-28-29-26(30(25)19-7-11-21(33-2)12-8-19)36-16-24(31)27-18-13-22(34-3)15-23(14-18)35-4/h5-15H,16H2,1-4H3,(H,27,31). The van der Waals surface area contributed by atoms with E-state index in [0.717, 1.165) is 22.7 Å². The Hall–Kier alpha value is -4.18. The summed E-state index contributed by atoms with van der Waals surface area (Å²) in [5, 5.41) is 12.3. The van der Waals surface area contributed by atoms with Gasteiger partial charge < -0.3 is 24.3 Å². The second-order valence-corrected chi connectivity index (χ2v) is 8.45. The van der Waals surface area contributed by atoms with Crippen molar-refractivity contribution in [2.24, 2.45) is 0 Å². The third kappa shape index (κ3) is 5.72. The Bertz CT molecular complexity index is 1300. The minimum atomic E-state index is -0.203. The molecule has 0 saturated carbocycles. The van der Waals surface area contributed by atoms with Gasteiger partial charge in [-0.2, -0.15) is 0 Å². The van der Waals surface area contributed by atoms with Crippen molar-refractivity contribution in [2.75, 3.05) is 39.5 Å². The van der Waals surface area contributed by atoms with Crippen molar-refractivity contribution >= 4 is 23.4 Å². The maximum atomic E-state index is 12.8. The van der Waals surface area contributed by atoms with Gasteiger partial charge >= 0.3 is 0 Å². The molecule has 4 aromatic rings. The van der Waals surface area contributed by atoms with E-state index in [1.165, 1.54) is 11.8 Å². The molecule has 10 heteroatoms. The fourth-order valence-corrected chi connectivity index (χ4v) is 4.21. The van der Waals surface area contributed by atoms with Crippen molar-refractivity contribution in [1.29, 1.82) is 0 Å². The quantitative estimate of drug-likeness (QED) is 0.309. The van der Waals surface area contributed by atoms with E-state index in [1.807, 2.05) is 53.1 Å². The van der Waals surface area contributed by atoms with Gasteiger partial charge in [-0.15, -0.1) is 10.2 Å². The van der Waals surface area contributed by atoms with Crippen LogP contribution in [0.5, 0.6) is 23.0 Å². The molecule has 0 fully saturated rings. The number of benzene rings is 3. The second kappa shape index (κ2) is 11.5. The SMILES string of the molecule is COc1ccc(-c2nnc(SCC(=O)Nc3cc(OC)cc(OC)c3)n2-c2ccc(OC)cc2)cc1. The number of thioether (sulfide) groups is 1. The molecule has 0 bridgehead atoms. The molecule has 3 aromatic carbocycles. The summed E-state index contributed by atoms with van der Waals surface area (Å²) in [6.45, 7) is 0. The summed E-state index contributed by atoms with van der Waals surface area (Å²) in [7, 11) is 6.36. The maximum Gasteiger partial charge on any atom is 0.234 e. The van der Waals surface area contributed by atoms with Gasteiger partial charge in [0.1, 0.15) is 23.0 Å².